The number of nitrogens with one attached hydrogen (secondary N) is 1. The zero-order valence-corrected chi connectivity index (χ0v) is 12.2. The Morgan fingerprint density at radius 3 is 2.95 bits per heavy atom. The molecule has 108 valence electrons. The maximum atomic E-state index is 9.48. The first-order chi connectivity index (χ1) is 10.9. The summed E-state index contributed by atoms with van der Waals surface area (Å²) in [5.41, 5.74) is 4.09. The van der Waals surface area contributed by atoms with Gasteiger partial charge < -0.3 is 5.32 Å². The molecule has 2 aromatic heterocycles. The lowest BCUT2D eigenvalue weighted by Gasteiger charge is -2.26. The van der Waals surface area contributed by atoms with E-state index in [1.165, 1.54) is 11.1 Å². The number of hydrogen-bond donors (Lipinski definition) is 1. The highest BCUT2D eigenvalue weighted by atomic mass is 15.1. The summed E-state index contributed by atoms with van der Waals surface area (Å²) in [6, 6.07) is 16.8. The van der Waals surface area contributed by atoms with Crippen LogP contribution in [0.1, 0.15) is 35.7 Å². The number of hydrogen-bond acceptors (Lipinski definition) is 3. The van der Waals surface area contributed by atoms with Crippen molar-refractivity contribution in [3.63, 3.8) is 0 Å². The molecule has 1 aliphatic carbocycles. The molecule has 0 spiro atoms. The van der Waals surface area contributed by atoms with Gasteiger partial charge in [-0.1, -0.05) is 30.3 Å². The first kappa shape index (κ1) is 12.9. The van der Waals surface area contributed by atoms with Crippen molar-refractivity contribution in [3.8, 4) is 6.07 Å². The summed E-state index contributed by atoms with van der Waals surface area (Å²) >= 11 is 0. The molecule has 0 fully saturated rings. The highest BCUT2D eigenvalue weighted by Gasteiger charge is 2.22. The number of nitrogens with zero attached hydrogens (tertiary/aromatic N) is 3. The normalized spacial score (nSPS) is 17.0. The Morgan fingerprint density at radius 1 is 1.18 bits per heavy atom. The minimum atomic E-state index is 0.224. The molecule has 4 rings (SSSR count). The average Bonchev–Trinajstić information content (AvgIpc) is 2.92. The number of rotatable bonds is 2. The molecule has 4 nitrogen and oxygen atoms in total. The summed E-state index contributed by atoms with van der Waals surface area (Å²) in [5, 5.41) is 13.0. The van der Waals surface area contributed by atoms with Crippen molar-refractivity contribution in [3.05, 3.63) is 65.5 Å². The SMILES string of the molecule is N#Cc1c(NC2CCCc3ccccc32)nc2ccccn12. The Morgan fingerprint density at radius 2 is 2.05 bits per heavy atom. The molecule has 1 atom stereocenters. The number of anilines is 1. The van der Waals surface area contributed by atoms with Crippen molar-refractivity contribution < 1.29 is 0 Å². The second kappa shape index (κ2) is 5.19. The second-order valence-corrected chi connectivity index (χ2v) is 5.64. The van der Waals surface area contributed by atoms with Gasteiger partial charge in [0.25, 0.3) is 0 Å². The van der Waals surface area contributed by atoms with E-state index in [2.05, 4.69) is 40.6 Å². The van der Waals surface area contributed by atoms with Crippen LogP contribution in [0.3, 0.4) is 0 Å². The van der Waals surface area contributed by atoms with Gasteiger partial charge in [-0.3, -0.25) is 4.40 Å². The zero-order valence-electron chi connectivity index (χ0n) is 12.2. The van der Waals surface area contributed by atoms with Crippen LogP contribution >= 0.6 is 0 Å². The molecule has 2 heterocycles. The highest BCUT2D eigenvalue weighted by molar-refractivity contribution is 5.60. The van der Waals surface area contributed by atoms with E-state index in [0.29, 0.717) is 11.5 Å². The fourth-order valence-electron chi connectivity index (χ4n) is 3.27. The van der Waals surface area contributed by atoms with Crippen LogP contribution in [-0.2, 0) is 6.42 Å². The number of benzene rings is 1. The van der Waals surface area contributed by atoms with Crippen molar-refractivity contribution in [2.24, 2.45) is 0 Å². The molecular formula is C18H16N4. The molecule has 0 radical (unpaired) electrons. The molecule has 1 N–H and O–H groups in total. The van der Waals surface area contributed by atoms with E-state index in [0.717, 1.165) is 24.9 Å². The van der Waals surface area contributed by atoms with E-state index in [1.807, 2.05) is 28.8 Å². The van der Waals surface area contributed by atoms with E-state index >= 15 is 0 Å². The monoisotopic (exact) mass is 288 g/mol. The van der Waals surface area contributed by atoms with E-state index < -0.39 is 0 Å². The van der Waals surface area contributed by atoms with Crippen LogP contribution < -0.4 is 5.32 Å². The van der Waals surface area contributed by atoms with Crippen LogP contribution in [0.5, 0.6) is 0 Å². The second-order valence-electron chi connectivity index (χ2n) is 5.64. The van der Waals surface area contributed by atoms with Gasteiger partial charge in [-0.15, -0.1) is 0 Å². The highest BCUT2D eigenvalue weighted by Crippen LogP contribution is 2.33. The number of pyridine rings is 1. The number of aryl methyl sites for hydroxylation is 1. The van der Waals surface area contributed by atoms with Crippen LogP contribution in [0.25, 0.3) is 5.65 Å². The van der Waals surface area contributed by atoms with Crippen molar-refractivity contribution in [2.45, 2.75) is 25.3 Å². The molecule has 0 bridgehead atoms. The van der Waals surface area contributed by atoms with Crippen molar-refractivity contribution in [1.29, 1.82) is 5.26 Å². The Hall–Kier alpha value is -2.80. The lowest BCUT2D eigenvalue weighted by atomic mass is 9.88. The third kappa shape index (κ3) is 2.03. The van der Waals surface area contributed by atoms with Crippen molar-refractivity contribution >= 4 is 11.5 Å². The number of imidazole rings is 1. The Bertz CT molecular complexity index is 872. The van der Waals surface area contributed by atoms with Gasteiger partial charge in [0.05, 0.1) is 6.04 Å². The number of nitriles is 1. The van der Waals surface area contributed by atoms with Crippen LogP contribution in [0.2, 0.25) is 0 Å². The Balaban J connectivity index is 1.75. The number of aromatic nitrogens is 2. The maximum Gasteiger partial charge on any atom is 0.168 e. The van der Waals surface area contributed by atoms with Gasteiger partial charge in [-0.2, -0.15) is 5.26 Å². The summed E-state index contributed by atoms with van der Waals surface area (Å²) in [7, 11) is 0. The fourth-order valence-corrected chi connectivity index (χ4v) is 3.27. The first-order valence-corrected chi connectivity index (χ1v) is 7.58. The Labute approximate surface area is 129 Å². The van der Waals surface area contributed by atoms with E-state index in [-0.39, 0.29) is 6.04 Å². The van der Waals surface area contributed by atoms with Gasteiger partial charge in [-0.25, -0.2) is 4.98 Å². The lowest BCUT2D eigenvalue weighted by Crippen LogP contribution is -2.18. The lowest BCUT2D eigenvalue weighted by molar-refractivity contribution is 0.599. The van der Waals surface area contributed by atoms with E-state index in [4.69, 9.17) is 0 Å². The molecule has 4 heteroatoms. The van der Waals surface area contributed by atoms with Gasteiger partial charge in [0, 0.05) is 6.20 Å². The predicted molar refractivity (Wildman–Crippen MR) is 85.7 cm³/mol. The largest absolute Gasteiger partial charge is 0.361 e. The van der Waals surface area contributed by atoms with E-state index in [9.17, 15) is 5.26 Å². The van der Waals surface area contributed by atoms with Gasteiger partial charge >= 0.3 is 0 Å². The third-order valence-electron chi connectivity index (χ3n) is 4.32. The van der Waals surface area contributed by atoms with Gasteiger partial charge in [0.15, 0.2) is 11.5 Å². The third-order valence-corrected chi connectivity index (χ3v) is 4.32. The van der Waals surface area contributed by atoms with E-state index in [1.54, 1.807) is 0 Å². The van der Waals surface area contributed by atoms with Gasteiger partial charge in [-0.05, 0) is 42.5 Å². The summed E-state index contributed by atoms with van der Waals surface area (Å²) < 4.78 is 1.83. The quantitative estimate of drug-likeness (QED) is 0.782. The smallest absolute Gasteiger partial charge is 0.168 e. The molecule has 0 saturated heterocycles. The molecule has 22 heavy (non-hydrogen) atoms. The summed E-state index contributed by atoms with van der Waals surface area (Å²) in [6.45, 7) is 0. The number of fused-ring (bicyclic) bond motifs is 2. The maximum absolute atomic E-state index is 9.48. The molecular weight excluding hydrogens is 272 g/mol. The summed E-state index contributed by atoms with van der Waals surface area (Å²) in [5.74, 6) is 0.676. The van der Waals surface area contributed by atoms with Gasteiger partial charge in [0.1, 0.15) is 11.7 Å². The van der Waals surface area contributed by atoms with Crippen LogP contribution in [0.15, 0.2) is 48.7 Å². The molecule has 0 saturated carbocycles. The average molecular weight is 288 g/mol. The minimum Gasteiger partial charge on any atom is -0.361 e. The minimum absolute atomic E-state index is 0.224. The Kier molecular flexibility index (Phi) is 3.05. The van der Waals surface area contributed by atoms with Gasteiger partial charge in [0.2, 0.25) is 0 Å². The molecule has 1 unspecified atom stereocenters. The molecule has 1 aliphatic rings. The summed E-state index contributed by atoms with van der Waals surface area (Å²) in [6.07, 6.45) is 5.23. The van der Waals surface area contributed by atoms with Crippen LogP contribution in [-0.4, -0.2) is 9.38 Å². The van der Waals surface area contributed by atoms with Crippen molar-refractivity contribution in [1.82, 2.24) is 9.38 Å². The molecule has 0 amide bonds. The van der Waals surface area contributed by atoms with Crippen LogP contribution in [0, 0.1) is 11.3 Å². The molecule has 3 aromatic rings. The fraction of sp³-hybridized carbons (Fsp3) is 0.222. The van der Waals surface area contributed by atoms with Crippen LogP contribution in [0.4, 0.5) is 5.82 Å². The first-order valence-electron chi connectivity index (χ1n) is 7.58. The standard InChI is InChI=1S/C18H16N4/c19-12-16-18(21-17-10-3-4-11-22(16)17)20-15-9-5-7-13-6-1-2-8-14(13)15/h1-4,6,8,10-11,15,20H,5,7,9H2. The zero-order chi connectivity index (χ0) is 14.9. The summed E-state index contributed by atoms with van der Waals surface area (Å²) in [4.78, 5) is 4.58. The van der Waals surface area contributed by atoms with Crippen molar-refractivity contribution in [2.75, 3.05) is 5.32 Å². The molecule has 1 aromatic carbocycles. The topological polar surface area (TPSA) is 53.1 Å². The predicted octanol–water partition coefficient (Wildman–Crippen LogP) is 3.70. The molecule has 0 aliphatic heterocycles.